The zero-order valence-electron chi connectivity index (χ0n) is 31.8. The molecule has 0 saturated carbocycles. The van der Waals surface area contributed by atoms with E-state index in [1.807, 2.05) is 0 Å². The first-order valence-electron chi connectivity index (χ1n) is 20.2. The van der Waals surface area contributed by atoms with Crippen molar-refractivity contribution >= 4 is 118 Å². The molecule has 0 fully saturated rings. The van der Waals surface area contributed by atoms with Gasteiger partial charge in [0.25, 0.3) is 0 Å². The van der Waals surface area contributed by atoms with Crippen molar-refractivity contribution in [1.29, 1.82) is 0 Å². The highest BCUT2D eigenvalue weighted by atomic mass is 14.2. The fourth-order valence-corrected chi connectivity index (χ4v) is 10.0. The van der Waals surface area contributed by atoms with Crippen LogP contribution in [0.2, 0.25) is 0 Å². The van der Waals surface area contributed by atoms with Crippen LogP contribution < -0.4 is 0 Å². The van der Waals surface area contributed by atoms with Crippen molar-refractivity contribution in [2.75, 3.05) is 0 Å². The molecular weight excluding hydrogens is 697 g/mol. The Morgan fingerprint density at radius 1 is 0.121 bits per heavy atom. The molecule has 58 heavy (non-hydrogen) atoms. The van der Waals surface area contributed by atoms with Crippen LogP contribution in [0.4, 0.5) is 0 Å². The van der Waals surface area contributed by atoms with Crippen LogP contribution in [0, 0.1) is 0 Å². The monoisotopic (exact) mass is 732 g/mol. The highest BCUT2D eigenvalue weighted by Crippen LogP contribution is 2.41. The summed E-state index contributed by atoms with van der Waals surface area (Å²) in [5.74, 6) is 0. The van der Waals surface area contributed by atoms with Gasteiger partial charge in [-0.15, -0.1) is 0 Å². The molecule has 0 bridgehead atoms. The molecule has 0 atom stereocenters. The van der Waals surface area contributed by atoms with Crippen LogP contribution in [-0.2, 0) is 0 Å². The molecule has 14 rings (SSSR count). The average Bonchev–Trinajstić information content (AvgIpc) is 3.30. The van der Waals surface area contributed by atoms with Gasteiger partial charge in [-0.3, -0.25) is 0 Å². The molecule has 0 aliphatic heterocycles. The summed E-state index contributed by atoms with van der Waals surface area (Å²) < 4.78 is 0. The number of hydrogen-bond donors (Lipinski definition) is 0. The van der Waals surface area contributed by atoms with Gasteiger partial charge in [-0.05, 0) is 118 Å². The van der Waals surface area contributed by atoms with Gasteiger partial charge in [-0.25, -0.2) is 0 Å². The lowest BCUT2D eigenvalue weighted by molar-refractivity contribution is 1.77. The summed E-state index contributed by atoms with van der Waals surface area (Å²) >= 11 is 0. The van der Waals surface area contributed by atoms with Crippen molar-refractivity contribution in [1.82, 2.24) is 0 Å². The summed E-state index contributed by atoms with van der Waals surface area (Å²) in [5.41, 5.74) is 0. The van der Waals surface area contributed by atoms with E-state index in [-0.39, 0.29) is 0 Å². The predicted octanol–water partition coefficient (Wildman–Crippen LogP) is 16.6. The van der Waals surface area contributed by atoms with Crippen molar-refractivity contribution in [2.24, 2.45) is 0 Å². The molecule has 0 heteroatoms. The van der Waals surface area contributed by atoms with Gasteiger partial charge < -0.3 is 0 Å². The molecule has 0 saturated heterocycles. The van der Waals surface area contributed by atoms with E-state index in [9.17, 15) is 0 Å². The highest BCUT2D eigenvalue weighted by molar-refractivity contribution is 6.34. The van der Waals surface area contributed by atoms with Crippen LogP contribution in [0.3, 0.4) is 0 Å². The van der Waals surface area contributed by atoms with E-state index in [4.69, 9.17) is 0 Å². The molecule has 0 aliphatic rings. The topological polar surface area (TPSA) is 0 Å². The molecule has 0 aromatic heterocycles. The standard InChI is InChI=1S/2C20H12.C18H12/c2*1-5-13-6-2-11-17-18-12-4-8-14-7-3-10-16(20(14)18)15(9-1)19(13)17;1-2-8-14-13(7-1)15-9-3-4-11-17(15)18-12-6-5-10-16(14)18/h2*1-12H;1-12H. The minimum Gasteiger partial charge on any atom is -0.0616 e. The van der Waals surface area contributed by atoms with E-state index >= 15 is 0 Å². The maximum Gasteiger partial charge on any atom is -0.00264 e. The molecule has 0 spiro atoms. The van der Waals surface area contributed by atoms with Crippen LogP contribution >= 0.6 is 0 Å². The molecule has 268 valence electrons. The Labute approximate surface area is 335 Å². The Morgan fingerprint density at radius 3 is 0.414 bits per heavy atom. The second-order valence-corrected chi connectivity index (χ2v) is 15.5. The number of fused-ring (bicyclic) bond motifs is 10. The van der Waals surface area contributed by atoms with Crippen molar-refractivity contribution in [3.63, 3.8) is 0 Å². The third kappa shape index (κ3) is 4.89. The molecule has 0 aliphatic carbocycles. The SMILES string of the molecule is c1cc2cccc3c4cccc5cccc(c(c1)c23)c54.c1cc2cccc3c4cccc5cccc(c(c1)c23)c54.c1ccc2c(c1)c1ccccc1c1ccccc21. The third-order valence-corrected chi connectivity index (χ3v) is 12.4. The predicted molar refractivity (Wildman–Crippen MR) is 254 cm³/mol. The van der Waals surface area contributed by atoms with E-state index < -0.39 is 0 Å². The Hall–Kier alpha value is -7.54. The molecule has 14 aromatic carbocycles. The van der Waals surface area contributed by atoms with E-state index in [0.29, 0.717) is 0 Å². The van der Waals surface area contributed by atoms with E-state index in [1.165, 1.54) is 118 Å². The van der Waals surface area contributed by atoms with E-state index in [1.54, 1.807) is 0 Å². The summed E-state index contributed by atoms with van der Waals surface area (Å²) in [6, 6.07) is 78.9. The van der Waals surface area contributed by atoms with Gasteiger partial charge in [0.15, 0.2) is 0 Å². The second kappa shape index (κ2) is 13.0. The summed E-state index contributed by atoms with van der Waals surface area (Å²) in [7, 11) is 0. The molecule has 0 heterocycles. The first kappa shape index (κ1) is 32.7. The van der Waals surface area contributed by atoms with Gasteiger partial charge in [0, 0.05) is 0 Å². The largest absolute Gasteiger partial charge is 0.0616 e. The molecule has 0 nitrogen and oxygen atoms in total. The zero-order valence-corrected chi connectivity index (χ0v) is 31.8. The molecule has 0 N–H and O–H groups in total. The normalized spacial score (nSPS) is 11.8. The number of benzene rings is 14. The van der Waals surface area contributed by atoms with Gasteiger partial charge in [-0.2, -0.15) is 0 Å². The quantitative estimate of drug-likeness (QED) is 0.108. The van der Waals surface area contributed by atoms with Gasteiger partial charge in [0.2, 0.25) is 0 Å². The van der Waals surface area contributed by atoms with E-state index in [2.05, 4.69) is 218 Å². The second-order valence-electron chi connectivity index (χ2n) is 15.5. The van der Waals surface area contributed by atoms with Gasteiger partial charge >= 0.3 is 0 Å². The van der Waals surface area contributed by atoms with Crippen LogP contribution in [0.25, 0.3) is 118 Å². The summed E-state index contributed by atoms with van der Waals surface area (Å²) in [6.07, 6.45) is 0. The fraction of sp³-hybridized carbons (Fsp3) is 0. The Bertz CT molecular complexity index is 3110. The smallest absolute Gasteiger partial charge is 0.00264 e. The summed E-state index contributed by atoms with van der Waals surface area (Å²) in [4.78, 5) is 0. The first-order chi connectivity index (χ1) is 28.8. The Balaban J connectivity index is 0.0000000949. The van der Waals surface area contributed by atoms with Crippen molar-refractivity contribution in [2.45, 2.75) is 0 Å². The average molecular weight is 733 g/mol. The van der Waals surface area contributed by atoms with Gasteiger partial charge in [0.1, 0.15) is 0 Å². The van der Waals surface area contributed by atoms with Crippen LogP contribution in [0.1, 0.15) is 0 Å². The Kier molecular flexibility index (Phi) is 7.33. The van der Waals surface area contributed by atoms with Crippen molar-refractivity contribution in [3.8, 4) is 0 Å². The maximum absolute atomic E-state index is 2.25. The molecule has 0 amide bonds. The molecular formula is C58H36. The molecule has 0 radical (unpaired) electrons. The highest BCUT2D eigenvalue weighted by Gasteiger charge is 2.13. The lowest BCUT2D eigenvalue weighted by atomic mass is 9.90. The number of hydrogen-bond acceptors (Lipinski definition) is 0. The van der Waals surface area contributed by atoms with Crippen molar-refractivity contribution in [3.05, 3.63) is 218 Å². The third-order valence-electron chi connectivity index (χ3n) is 12.4. The lowest BCUT2D eigenvalue weighted by Crippen LogP contribution is -1.85. The maximum atomic E-state index is 2.25. The van der Waals surface area contributed by atoms with Crippen LogP contribution in [0.5, 0.6) is 0 Å². The Morgan fingerprint density at radius 2 is 0.259 bits per heavy atom. The summed E-state index contributed by atoms with van der Waals surface area (Å²) in [6.45, 7) is 0. The van der Waals surface area contributed by atoms with Crippen molar-refractivity contribution < 1.29 is 0 Å². The molecule has 14 aromatic rings. The molecule has 0 unspecified atom stereocenters. The van der Waals surface area contributed by atoms with Crippen LogP contribution in [-0.4, -0.2) is 0 Å². The van der Waals surface area contributed by atoms with Crippen LogP contribution in [0.15, 0.2) is 218 Å². The fourth-order valence-electron chi connectivity index (χ4n) is 10.0. The lowest BCUT2D eigenvalue weighted by Gasteiger charge is -2.13. The minimum absolute atomic E-state index is 1.33. The first-order valence-corrected chi connectivity index (χ1v) is 20.2. The zero-order chi connectivity index (χ0) is 38.2. The summed E-state index contributed by atoms with van der Waals surface area (Å²) in [5, 5.41) is 29.8. The van der Waals surface area contributed by atoms with E-state index in [0.717, 1.165) is 0 Å². The minimum atomic E-state index is 1.33. The van der Waals surface area contributed by atoms with Gasteiger partial charge in [-0.1, -0.05) is 218 Å². The van der Waals surface area contributed by atoms with Gasteiger partial charge in [0.05, 0.1) is 0 Å². The number of rotatable bonds is 0.